The second kappa shape index (κ2) is 29.4. The molecule has 0 spiro atoms. The van der Waals surface area contributed by atoms with E-state index in [1.165, 1.54) is 54.8 Å². The minimum atomic E-state index is -1.13. The van der Waals surface area contributed by atoms with Gasteiger partial charge in [-0.15, -0.1) is 12.4 Å². The number of hydrogen-bond acceptors (Lipinski definition) is 16. The topological polar surface area (TPSA) is 205 Å². The summed E-state index contributed by atoms with van der Waals surface area (Å²) in [4.78, 5) is 45.6. The Morgan fingerprint density at radius 1 is 0.707 bits per heavy atom. The number of ether oxygens (including phenoxy) is 8. The van der Waals surface area contributed by atoms with Gasteiger partial charge in [0, 0.05) is 55.0 Å². The van der Waals surface area contributed by atoms with E-state index < -0.39 is 36.5 Å². The molecule has 0 unspecified atom stereocenters. The highest BCUT2D eigenvalue weighted by Gasteiger charge is 2.30. The van der Waals surface area contributed by atoms with Crippen LogP contribution in [0.2, 0.25) is 0 Å². The number of carbonyl (C=O) groups excluding carboxylic acids is 2. The summed E-state index contributed by atoms with van der Waals surface area (Å²) in [6.07, 6.45) is 5.30. The number of para-hydroxylation sites is 1. The standard InChI is InChI=1S/C31H44N2O10.C25H24FNO4.ClH/c1-36-24-18-22(19-25(37-2)28(24)40-5)30(34)42-16-8-12-32-10-7-11-33(15-14-32)13-9-17-43-31(35)23-20-26(38-3)29(41-6)27(21-23)39-4;26-17-9-7-15(8-10-17)24-20-3-1-2-4-22(20)27-25(16-5-6-16)21(24)12-11-18(28)13-19(29)14-23(30)31;/h18-21H,7-17H2,1-6H3;1-4,7-12,16,18-19,28-29H,5-6,13-14H2,(H,30,31);1H/b;12-11+;/t;18-,19-;/m.1./s1. The van der Waals surface area contributed by atoms with E-state index >= 15 is 0 Å². The number of pyridine rings is 1. The van der Waals surface area contributed by atoms with E-state index in [-0.39, 0.29) is 24.6 Å². The zero-order valence-electron chi connectivity index (χ0n) is 43.4. The molecule has 2 fully saturated rings. The smallest absolute Gasteiger partial charge is 0.338 e. The van der Waals surface area contributed by atoms with Crippen LogP contribution in [0.25, 0.3) is 28.1 Å². The summed E-state index contributed by atoms with van der Waals surface area (Å²) in [5.74, 6) is 0.486. The number of hydrogen-bond donors (Lipinski definition) is 3. The van der Waals surface area contributed by atoms with Crippen molar-refractivity contribution >= 4 is 47.3 Å². The molecular formula is C56H69ClFN3O14. The molecule has 75 heavy (non-hydrogen) atoms. The molecule has 406 valence electrons. The van der Waals surface area contributed by atoms with Gasteiger partial charge in [-0.1, -0.05) is 42.5 Å². The van der Waals surface area contributed by atoms with Crippen LogP contribution in [0.5, 0.6) is 34.5 Å². The van der Waals surface area contributed by atoms with Gasteiger partial charge in [0.2, 0.25) is 11.5 Å². The highest BCUT2D eigenvalue weighted by atomic mass is 35.5. The molecule has 5 aromatic rings. The number of aliphatic hydroxyl groups is 2. The number of aromatic nitrogens is 1. The predicted molar refractivity (Wildman–Crippen MR) is 284 cm³/mol. The van der Waals surface area contributed by atoms with Crippen molar-refractivity contribution in [2.75, 3.05) is 95.1 Å². The lowest BCUT2D eigenvalue weighted by molar-refractivity contribution is -0.139. The van der Waals surface area contributed by atoms with E-state index in [4.69, 9.17) is 48.0 Å². The molecule has 1 aliphatic heterocycles. The minimum absolute atomic E-state index is 0. The van der Waals surface area contributed by atoms with E-state index in [0.29, 0.717) is 64.8 Å². The van der Waals surface area contributed by atoms with Crippen LogP contribution in [-0.4, -0.2) is 155 Å². The lowest BCUT2D eigenvalue weighted by Crippen LogP contribution is -2.32. The van der Waals surface area contributed by atoms with Gasteiger partial charge in [-0.2, -0.15) is 0 Å². The molecule has 17 nitrogen and oxygen atoms in total. The third-order valence-electron chi connectivity index (χ3n) is 12.7. The lowest BCUT2D eigenvalue weighted by atomic mass is 9.92. The fourth-order valence-corrected chi connectivity index (χ4v) is 8.80. The van der Waals surface area contributed by atoms with Crippen molar-refractivity contribution in [1.29, 1.82) is 0 Å². The monoisotopic (exact) mass is 1060 g/mol. The fourth-order valence-electron chi connectivity index (χ4n) is 8.80. The van der Waals surface area contributed by atoms with Crippen molar-refractivity contribution in [2.45, 2.75) is 63.1 Å². The highest BCUT2D eigenvalue weighted by molar-refractivity contribution is 5.99. The van der Waals surface area contributed by atoms with Crippen molar-refractivity contribution in [3.05, 3.63) is 107 Å². The molecule has 0 bridgehead atoms. The summed E-state index contributed by atoms with van der Waals surface area (Å²) < 4.78 is 56.5. The molecule has 0 radical (unpaired) electrons. The SMILES string of the molecule is COc1cc(C(=O)OCCCN2CCCN(CCCOC(=O)c3cc(OC)c(OC)c(OC)c3)CC2)cc(OC)c1OC.Cl.O=C(O)C[C@H](O)C[C@H](O)/C=C/c1c(C2CC2)nc2ccccc2c1-c1ccc(F)cc1. The Morgan fingerprint density at radius 3 is 1.65 bits per heavy atom. The van der Waals surface area contributed by atoms with Crippen LogP contribution in [0.1, 0.15) is 82.8 Å². The van der Waals surface area contributed by atoms with Gasteiger partial charge in [-0.3, -0.25) is 9.78 Å². The summed E-state index contributed by atoms with van der Waals surface area (Å²) in [5.41, 5.74) is 5.11. The molecule has 19 heteroatoms. The maximum atomic E-state index is 13.6. The van der Waals surface area contributed by atoms with Crippen molar-refractivity contribution in [3.8, 4) is 45.6 Å². The van der Waals surface area contributed by atoms with Crippen LogP contribution in [0.4, 0.5) is 4.39 Å². The summed E-state index contributed by atoms with van der Waals surface area (Å²) in [6.45, 7) is 6.10. The van der Waals surface area contributed by atoms with Crippen molar-refractivity contribution < 1.29 is 72.0 Å². The van der Waals surface area contributed by atoms with E-state index in [1.807, 2.05) is 24.3 Å². The minimum Gasteiger partial charge on any atom is -0.493 e. The first-order valence-corrected chi connectivity index (χ1v) is 24.6. The number of nitrogens with zero attached hydrogens (tertiary/aromatic N) is 3. The van der Waals surface area contributed by atoms with Crippen LogP contribution in [0.3, 0.4) is 0 Å². The first-order valence-electron chi connectivity index (χ1n) is 24.6. The number of aliphatic carboxylic acids is 1. The van der Waals surface area contributed by atoms with Crippen LogP contribution in [-0.2, 0) is 14.3 Å². The van der Waals surface area contributed by atoms with Crippen LogP contribution >= 0.6 is 12.4 Å². The Hall–Kier alpha value is -6.70. The van der Waals surface area contributed by atoms with Crippen molar-refractivity contribution in [3.63, 3.8) is 0 Å². The Kier molecular flexibility index (Phi) is 23.2. The predicted octanol–water partition coefficient (Wildman–Crippen LogP) is 8.48. The Morgan fingerprint density at radius 2 is 1.20 bits per heavy atom. The highest BCUT2D eigenvalue weighted by Crippen LogP contribution is 2.46. The molecule has 4 aromatic carbocycles. The number of carboxylic acids is 1. The maximum Gasteiger partial charge on any atom is 0.338 e. The van der Waals surface area contributed by atoms with Crippen molar-refractivity contribution in [1.82, 2.24) is 14.8 Å². The largest absolute Gasteiger partial charge is 0.493 e. The number of carbonyl (C=O) groups is 3. The first kappa shape index (κ1) is 59.2. The molecule has 2 heterocycles. The number of carboxylic acid groups (broad SMARTS) is 1. The summed E-state index contributed by atoms with van der Waals surface area (Å²) in [6, 6.07) is 20.4. The van der Waals surface area contributed by atoms with Gasteiger partial charge in [0.1, 0.15) is 5.82 Å². The van der Waals surface area contributed by atoms with Crippen LogP contribution < -0.4 is 28.4 Å². The number of esters is 2. The van der Waals surface area contributed by atoms with Crippen molar-refractivity contribution in [2.24, 2.45) is 0 Å². The number of fused-ring (bicyclic) bond motifs is 1. The van der Waals surface area contributed by atoms with Crippen LogP contribution in [0.15, 0.2) is 78.9 Å². The van der Waals surface area contributed by atoms with E-state index in [2.05, 4.69) is 9.80 Å². The molecule has 7 rings (SSSR count). The summed E-state index contributed by atoms with van der Waals surface area (Å²) in [5, 5.41) is 29.9. The number of methoxy groups -OCH3 is 6. The van der Waals surface area contributed by atoms with Crippen LogP contribution in [0, 0.1) is 5.82 Å². The van der Waals surface area contributed by atoms with E-state index in [0.717, 1.165) is 105 Å². The van der Waals surface area contributed by atoms with Gasteiger partial charge in [0.05, 0.1) is 96.8 Å². The average Bonchev–Trinajstić information content (AvgIpc) is 4.28. The molecule has 0 amide bonds. The quantitative estimate of drug-likeness (QED) is 0.0391. The maximum absolute atomic E-state index is 13.6. The zero-order valence-corrected chi connectivity index (χ0v) is 44.2. The molecule has 1 saturated heterocycles. The number of halogens is 2. The number of benzene rings is 4. The third-order valence-corrected chi connectivity index (χ3v) is 12.7. The Bertz CT molecular complexity index is 2560. The summed E-state index contributed by atoms with van der Waals surface area (Å²) in [7, 11) is 9.04. The average molecular weight is 1060 g/mol. The molecule has 3 N–H and O–H groups in total. The molecular weight excluding hydrogens is 993 g/mol. The third kappa shape index (κ3) is 16.6. The molecule has 1 aromatic heterocycles. The van der Waals surface area contributed by atoms with Gasteiger partial charge in [-0.05, 0) is 93.2 Å². The van der Waals surface area contributed by atoms with Gasteiger partial charge >= 0.3 is 17.9 Å². The Labute approximate surface area is 443 Å². The second-order valence-electron chi connectivity index (χ2n) is 17.8. The molecule has 2 atom stereocenters. The van der Waals surface area contributed by atoms with E-state index in [9.17, 15) is 29.0 Å². The Balaban J connectivity index is 0.000000287. The van der Waals surface area contributed by atoms with E-state index in [1.54, 1.807) is 48.6 Å². The van der Waals surface area contributed by atoms with Gasteiger partial charge < -0.3 is 63.0 Å². The number of aliphatic hydroxyl groups excluding tert-OH is 2. The first-order chi connectivity index (χ1) is 35.8. The van der Waals surface area contributed by atoms with Gasteiger partial charge in [-0.25, -0.2) is 14.0 Å². The molecule has 1 saturated carbocycles. The normalized spacial score (nSPS) is 14.6. The second-order valence-corrected chi connectivity index (χ2v) is 17.8. The summed E-state index contributed by atoms with van der Waals surface area (Å²) >= 11 is 0. The van der Waals surface area contributed by atoms with Gasteiger partial charge in [0.15, 0.2) is 23.0 Å². The number of rotatable bonds is 24. The molecule has 2 aliphatic rings. The zero-order chi connectivity index (χ0) is 53.1. The lowest BCUT2D eigenvalue weighted by Gasteiger charge is -2.21. The fraction of sp³-hybridized carbons (Fsp3) is 0.429. The molecule has 1 aliphatic carbocycles. The van der Waals surface area contributed by atoms with Gasteiger partial charge in [0.25, 0.3) is 0 Å².